The van der Waals surface area contributed by atoms with Gasteiger partial charge in [-0.05, 0) is 49.4 Å². The summed E-state index contributed by atoms with van der Waals surface area (Å²) in [6.45, 7) is 0.725. The lowest BCUT2D eigenvalue weighted by atomic mass is 9.92. The van der Waals surface area contributed by atoms with Crippen LogP contribution in [0.3, 0.4) is 0 Å². The topological polar surface area (TPSA) is 132 Å². The molecule has 8 nitrogen and oxygen atoms in total. The lowest BCUT2D eigenvalue weighted by Crippen LogP contribution is -2.37. The summed E-state index contributed by atoms with van der Waals surface area (Å²) in [5.74, 6) is -0.456. The molecule has 1 aliphatic rings. The van der Waals surface area contributed by atoms with E-state index in [1.807, 2.05) is 24.4 Å². The first-order valence-electron chi connectivity index (χ1n) is 10.2. The fraction of sp³-hybridized carbons (Fsp3) is 0.318. The van der Waals surface area contributed by atoms with Crippen molar-refractivity contribution in [3.05, 3.63) is 59.2 Å². The predicted molar refractivity (Wildman–Crippen MR) is 121 cm³/mol. The summed E-state index contributed by atoms with van der Waals surface area (Å²) in [6, 6.07) is 10.2. The number of aromatic nitrogens is 2. The van der Waals surface area contributed by atoms with Crippen LogP contribution in [0.1, 0.15) is 41.9 Å². The third-order valence-electron chi connectivity index (χ3n) is 5.47. The van der Waals surface area contributed by atoms with Crippen molar-refractivity contribution in [3.8, 4) is 11.1 Å². The monoisotopic (exact) mass is 440 g/mol. The number of amides is 1. The molecule has 2 aromatic heterocycles. The normalized spacial score (nSPS) is 18.6. The number of hydrogen-bond donors (Lipinski definition) is 4. The fourth-order valence-corrected chi connectivity index (χ4v) is 3.82. The van der Waals surface area contributed by atoms with Gasteiger partial charge < -0.3 is 26.5 Å². The average Bonchev–Trinajstić information content (AvgIpc) is 3.22. The Kier molecular flexibility index (Phi) is 6.50. The van der Waals surface area contributed by atoms with Crippen molar-refractivity contribution < 1.29 is 9.21 Å². The van der Waals surface area contributed by atoms with Crippen LogP contribution in [0.25, 0.3) is 11.1 Å². The van der Waals surface area contributed by atoms with Crippen LogP contribution in [0.15, 0.2) is 47.2 Å². The number of anilines is 2. The Hall–Kier alpha value is -2.94. The molecule has 4 rings (SSSR count). The molecule has 1 aliphatic carbocycles. The first kappa shape index (κ1) is 21.3. The maximum absolute atomic E-state index is 12.3. The Balaban J connectivity index is 1.41. The zero-order chi connectivity index (χ0) is 21.8. The minimum Gasteiger partial charge on any atom is -0.431 e. The van der Waals surface area contributed by atoms with Gasteiger partial charge in [0.1, 0.15) is 6.26 Å². The Labute approximate surface area is 185 Å². The third kappa shape index (κ3) is 5.41. The van der Waals surface area contributed by atoms with Crippen LogP contribution >= 0.6 is 11.6 Å². The summed E-state index contributed by atoms with van der Waals surface area (Å²) >= 11 is 6.25. The number of nitrogen functional groups attached to an aromatic ring is 1. The molecule has 1 fully saturated rings. The molecule has 3 aromatic rings. The summed E-state index contributed by atoms with van der Waals surface area (Å²) < 4.78 is 4.87. The van der Waals surface area contributed by atoms with E-state index in [0.717, 1.165) is 49.0 Å². The van der Waals surface area contributed by atoms with Crippen molar-refractivity contribution in [2.24, 2.45) is 5.73 Å². The number of nitrogens with one attached hydrogen (secondary N) is 2. The van der Waals surface area contributed by atoms with Gasteiger partial charge in [0.05, 0.1) is 16.4 Å². The summed E-state index contributed by atoms with van der Waals surface area (Å²) in [5, 5.41) is 6.71. The number of rotatable bonds is 6. The number of carbonyl (C=O) groups excluding carboxylic acids is 1. The van der Waals surface area contributed by atoms with Crippen molar-refractivity contribution in [2.45, 2.75) is 44.3 Å². The molecule has 1 amide bonds. The summed E-state index contributed by atoms with van der Waals surface area (Å²) in [6.07, 6.45) is 7.38. The molecule has 6 N–H and O–H groups in total. The second-order valence-corrected chi connectivity index (χ2v) is 8.16. The lowest BCUT2D eigenvalue weighted by Gasteiger charge is -2.26. The molecule has 2 heterocycles. The van der Waals surface area contributed by atoms with Gasteiger partial charge in [0, 0.05) is 30.4 Å². The van der Waals surface area contributed by atoms with E-state index in [-0.39, 0.29) is 11.7 Å². The van der Waals surface area contributed by atoms with E-state index in [4.69, 9.17) is 27.5 Å². The smallest absolute Gasteiger partial charge is 0.292 e. The van der Waals surface area contributed by atoms with E-state index in [1.54, 1.807) is 12.1 Å². The molecule has 0 aliphatic heterocycles. The van der Waals surface area contributed by atoms with E-state index in [0.29, 0.717) is 22.8 Å². The van der Waals surface area contributed by atoms with Crippen molar-refractivity contribution in [1.29, 1.82) is 0 Å². The summed E-state index contributed by atoms with van der Waals surface area (Å²) in [5.41, 5.74) is 14.7. The van der Waals surface area contributed by atoms with Gasteiger partial charge >= 0.3 is 0 Å². The Morgan fingerprint density at radius 2 is 1.94 bits per heavy atom. The highest BCUT2D eigenvalue weighted by molar-refractivity contribution is 6.34. The fourth-order valence-electron chi connectivity index (χ4n) is 3.65. The third-order valence-corrected chi connectivity index (χ3v) is 5.80. The number of halogens is 1. The molecule has 1 aromatic carbocycles. The number of nitrogens with zero attached hydrogens (tertiary/aromatic N) is 2. The minimum atomic E-state index is -0.456. The van der Waals surface area contributed by atoms with E-state index >= 15 is 0 Å². The van der Waals surface area contributed by atoms with Crippen molar-refractivity contribution in [3.63, 3.8) is 0 Å². The van der Waals surface area contributed by atoms with Crippen LogP contribution in [0.2, 0.25) is 5.02 Å². The highest BCUT2D eigenvalue weighted by Crippen LogP contribution is 2.29. The van der Waals surface area contributed by atoms with Crippen LogP contribution in [0, 0.1) is 0 Å². The van der Waals surface area contributed by atoms with Gasteiger partial charge in [-0.1, -0.05) is 23.7 Å². The van der Waals surface area contributed by atoms with E-state index < -0.39 is 5.91 Å². The number of hydrogen-bond acceptors (Lipinski definition) is 7. The van der Waals surface area contributed by atoms with Gasteiger partial charge in [-0.3, -0.25) is 9.78 Å². The molecule has 0 spiro atoms. The SMILES string of the molecule is Nc1nc(C(=O)Nc2cc(-c3ccc(CNC4CCC(N)CC4)nc3)ccc2Cl)co1. The van der Waals surface area contributed by atoms with Crippen LogP contribution in [-0.4, -0.2) is 28.0 Å². The molecule has 1 saturated carbocycles. The molecule has 31 heavy (non-hydrogen) atoms. The molecule has 9 heteroatoms. The summed E-state index contributed by atoms with van der Waals surface area (Å²) in [4.78, 5) is 20.7. The molecule has 0 radical (unpaired) electrons. The first-order chi connectivity index (χ1) is 15.0. The van der Waals surface area contributed by atoms with Crippen LogP contribution in [0.4, 0.5) is 11.7 Å². The Bertz CT molecular complexity index is 1040. The van der Waals surface area contributed by atoms with Gasteiger partial charge in [-0.2, -0.15) is 4.98 Å². The first-order valence-corrected chi connectivity index (χ1v) is 10.6. The standard InChI is InChI=1S/C22H25ClN6O2/c23-18-8-2-13(9-19(18)28-21(30)20-12-31-22(25)29-20)14-1-5-17(26-10-14)11-27-16-6-3-15(24)4-7-16/h1-2,5,8-10,12,15-16,27H,3-4,6-7,11,24H2,(H2,25,29)(H,28,30). The number of benzene rings is 1. The lowest BCUT2D eigenvalue weighted by molar-refractivity contribution is 0.102. The highest BCUT2D eigenvalue weighted by Gasteiger charge is 2.18. The molecule has 0 saturated heterocycles. The van der Waals surface area contributed by atoms with Crippen LogP contribution in [-0.2, 0) is 6.54 Å². The van der Waals surface area contributed by atoms with E-state index in [1.165, 1.54) is 6.26 Å². The number of nitrogens with two attached hydrogens (primary N) is 2. The van der Waals surface area contributed by atoms with Crippen LogP contribution in [0.5, 0.6) is 0 Å². The van der Waals surface area contributed by atoms with E-state index in [9.17, 15) is 4.79 Å². The molecular formula is C22H25ClN6O2. The van der Waals surface area contributed by atoms with Gasteiger partial charge in [0.2, 0.25) is 0 Å². The van der Waals surface area contributed by atoms with Gasteiger partial charge in [-0.25, -0.2) is 0 Å². The summed E-state index contributed by atoms with van der Waals surface area (Å²) in [7, 11) is 0. The van der Waals surface area contributed by atoms with Gasteiger partial charge in [0.25, 0.3) is 11.9 Å². The maximum Gasteiger partial charge on any atom is 0.292 e. The number of carbonyl (C=O) groups is 1. The molecule has 162 valence electrons. The van der Waals surface area contributed by atoms with Crippen LogP contribution < -0.4 is 22.1 Å². The highest BCUT2D eigenvalue weighted by atomic mass is 35.5. The Morgan fingerprint density at radius 3 is 2.61 bits per heavy atom. The second-order valence-electron chi connectivity index (χ2n) is 7.75. The zero-order valence-electron chi connectivity index (χ0n) is 17.0. The largest absolute Gasteiger partial charge is 0.431 e. The molecule has 0 bridgehead atoms. The minimum absolute atomic E-state index is 0.0716. The predicted octanol–water partition coefficient (Wildman–Crippen LogP) is 3.58. The van der Waals surface area contributed by atoms with Crippen molar-refractivity contribution in [2.75, 3.05) is 11.1 Å². The van der Waals surface area contributed by atoms with E-state index in [2.05, 4.69) is 20.6 Å². The quantitative estimate of drug-likeness (QED) is 0.460. The maximum atomic E-state index is 12.3. The second kappa shape index (κ2) is 9.47. The number of pyridine rings is 1. The Morgan fingerprint density at radius 1 is 1.16 bits per heavy atom. The molecular weight excluding hydrogens is 416 g/mol. The van der Waals surface area contributed by atoms with Crippen molar-refractivity contribution in [1.82, 2.24) is 15.3 Å². The number of oxazole rings is 1. The average molecular weight is 441 g/mol. The van der Waals surface area contributed by atoms with Crippen molar-refractivity contribution >= 4 is 29.2 Å². The van der Waals surface area contributed by atoms with Gasteiger partial charge in [-0.15, -0.1) is 0 Å². The molecule has 0 atom stereocenters. The van der Waals surface area contributed by atoms with Gasteiger partial charge in [0.15, 0.2) is 5.69 Å². The molecule has 0 unspecified atom stereocenters. The zero-order valence-corrected chi connectivity index (χ0v) is 17.7.